The first-order valence-corrected chi connectivity index (χ1v) is 7.48. The molecule has 1 unspecified atom stereocenters. The standard InChI is InChI=1S/C13H20N2OS/c1-9(2)7-8-17-13-14-11-6-4-3-5-10(11)12(16)15-13/h9-10H,3-8H2,1-2H3. The van der Waals surface area contributed by atoms with Crippen molar-refractivity contribution in [2.45, 2.75) is 46.0 Å². The molecule has 1 fully saturated rings. The third-order valence-electron chi connectivity index (χ3n) is 3.25. The summed E-state index contributed by atoms with van der Waals surface area (Å²) >= 11 is 1.63. The molecular formula is C13H20N2OS. The molecule has 0 spiro atoms. The average Bonchev–Trinajstić information content (AvgIpc) is 2.28. The lowest BCUT2D eigenvalue weighted by Crippen LogP contribution is -2.30. The number of thioether (sulfide) groups is 1. The summed E-state index contributed by atoms with van der Waals surface area (Å²) < 4.78 is 0. The zero-order valence-electron chi connectivity index (χ0n) is 10.6. The van der Waals surface area contributed by atoms with E-state index in [1.807, 2.05) is 0 Å². The van der Waals surface area contributed by atoms with E-state index >= 15 is 0 Å². The minimum atomic E-state index is 0.0122. The Morgan fingerprint density at radius 1 is 1.35 bits per heavy atom. The predicted octanol–water partition coefficient (Wildman–Crippen LogP) is 3.29. The molecule has 1 aliphatic heterocycles. The topological polar surface area (TPSA) is 41.8 Å². The summed E-state index contributed by atoms with van der Waals surface area (Å²) in [5, 5.41) is 0.698. The van der Waals surface area contributed by atoms with Crippen molar-refractivity contribution in [3.63, 3.8) is 0 Å². The molecule has 1 heterocycles. The average molecular weight is 252 g/mol. The largest absolute Gasteiger partial charge is 0.272 e. The van der Waals surface area contributed by atoms with Crippen molar-refractivity contribution >= 4 is 28.5 Å². The van der Waals surface area contributed by atoms with Crippen LogP contribution in [0.25, 0.3) is 0 Å². The minimum absolute atomic E-state index is 0.0122. The van der Waals surface area contributed by atoms with E-state index in [2.05, 4.69) is 23.8 Å². The number of carbonyl (C=O) groups excluding carboxylic acids is 1. The van der Waals surface area contributed by atoms with Crippen LogP contribution in [0.3, 0.4) is 0 Å². The van der Waals surface area contributed by atoms with Crippen LogP contribution in [0.15, 0.2) is 9.98 Å². The fourth-order valence-electron chi connectivity index (χ4n) is 2.17. The lowest BCUT2D eigenvalue weighted by atomic mass is 9.86. The van der Waals surface area contributed by atoms with Gasteiger partial charge in [-0.3, -0.25) is 4.79 Å². The first kappa shape index (κ1) is 12.8. The second-order valence-corrected chi connectivity index (χ2v) is 6.23. The Morgan fingerprint density at radius 3 is 2.94 bits per heavy atom. The Morgan fingerprint density at radius 2 is 2.18 bits per heavy atom. The molecule has 0 aromatic rings. The molecule has 1 aliphatic carbocycles. The van der Waals surface area contributed by atoms with Gasteiger partial charge in [0.1, 0.15) is 0 Å². The number of carbonyl (C=O) groups is 1. The van der Waals surface area contributed by atoms with Gasteiger partial charge in [0.05, 0.1) is 5.92 Å². The molecule has 17 heavy (non-hydrogen) atoms. The predicted molar refractivity (Wildman–Crippen MR) is 73.7 cm³/mol. The smallest absolute Gasteiger partial charge is 0.256 e. The highest BCUT2D eigenvalue weighted by atomic mass is 32.2. The van der Waals surface area contributed by atoms with Gasteiger partial charge in [-0.25, -0.2) is 4.99 Å². The third kappa shape index (κ3) is 3.41. The summed E-state index contributed by atoms with van der Waals surface area (Å²) in [5.41, 5.74) is 1.09. The van der Waals surface area contributed by atoms with E-state index in [0.717, 1.165) is 37.1 Å². The second-order valence-electron chi connectivity index (χ2n) is 5.17. The molecule has 0 bridgehead atoms. The number of hydrogen-bond acceptors (Lipinski definition) is 3. The van der Waals surface area contributed by atoms with Gasteiger partial charge in [0.15, 0.2) is 5.17 Å². The normalized spacial score (nSPS) is 24.4. The number of fused-ring (bicyclic) bond motifs is 1. The Bertz CT molecular complexity index is 360. The molecule has 2 aliphatic rings. The van der Waals surface area contributed by atoms with Crippen molar-refractivity contribution < 1.29 is 4.79 Å². The molecule has 2 rings (SSSR count). The van der Waals surface area contributed by atoms with Gasteiger partial charge in [0.2, 0.25) is 0 Å². The quantitative estimate of drug-likeness (QED) is 0.773. The van der Waals surface area contributed by atoms with Crippen LogP contribution in [0.2, 0.25) is 0 Å². The first-order chi connectivity index (χ1) is 8.16. The summed E-state index contributed by atoms with van der Waals surface area (Å²) in [4.78, 5) is 20.5. The van der Waals surface area contributed by atoms with Gasteiger partial charge < -0.3 is 0 Å². The van der Waals surface area contributed by atoms with Crippen LogP contribution in [0.4, 0.5) is 0 Å². The van der Waals surface area contributed by atoms with E-state index in [1.54, 1.807) is 11.8 Å². The molecule has 1 saturated carbocycles. The van der Waals surface area contributed by atoms with E-state index in [4.69, 9.17) is 0 Å². The molecule has 0 aromatic heterocycles. The van der Waals surface area contributed by atoms with Gasteiger partial charge in [0.25, 0.3) is 5.91 Å². The van der Waals surface area contributed by atoms with Crippen LogP contribution in [0, 0.1) is 11.8 Å². The maximum absolute atomic E-state index is 11.9. The van der Waals surface area contributed by atoms with E-state index < -0.39 is 0 Å². The minimum Gasteiger partial charge on any atom is -0.272 e. The van der Waals surface area contributed by atoms with E-state index in [1.165, 1.54) is 6.42 Å². The van der Waals surface area contributed by atoms with E-state index in [-0.39, 0.29) is 11.8 Å². The molecule has 0 N–H and O–H groups in total. The zero-order valence-corrected chi connectivity index (χ0v) is 11.4. The van der Waals surface area contributed by atoms with Crippen molar-refractivity contribution in [2.24, 2.45) is 21.8 Å². The molecule has 3 nitrogen and oxygen atoms in total. The highest BCUT2D eigenvalue weighted by Crippen LogP contribution is 2.27. The van der Waals surface area contributed by atoms with Crippen LogP contribution in [-0.2, 0) is 4.79 Å². The molecule has 4 heteroatoms. The van der Waals surface area contributed by atoms with Crippen LogP contribution in [0.1, 0.15) is 46.0 Å². The van der Waals surface area contributed by atoms with Crippen molar-refractivity contribution in [1.82, 2.24) is 0 Å². The van der Waals surface area contributed by atoms with Crippen LogP contribution < -0.4 is 0 Å². The van der Waals surface area contributed by atoms with Gasteiger partial charge in [-0.1, -0.05) is 32.0 Å². The maximum Gasteiger partial charge on any atom is 0.256 e. The molecule has 94 valence electrons. The van der Waals surface area contributed by atoms with Crippen molar-refractivity contribution in [1.29, 1.82) is 0 Å². The van der Waals surface area contributed by atoms with Crippen LogP contribution in [0.5, 0.6) is 0 Å². The summed E-state index contributed by atoms with van der Waals surface area (Å²) in [6.45, 7) is 4.41. The lowest BCUT2D eigenvalue weighted by molar-refractivity contribution is -0.120. The fourth-order valence-corrected chi connectivity index (χ4v) is 3.27. The molecule has 0 radical (unpaired) electrons. The Balaban J connectivity index is 1.95. The van der Waals surface area contributed by atoms with Gasteiger partial charge in [0, 0.05) is 11.5 Å². The zero-order chi connectivity index (χ0) is 12.3. The van der Waals surface area contributed by atoms with Gasteiger partial charge >= 0.3 is 0 Å². The van der Waals surface area contributed by atoms with Crippen molar-refractivity contribution in [3.05, 3.63) is 0 Å². The third-order valence-corrected chi connectivity index (χ3v) is 4.13. The number of hydrogen-bond donors (Lipinski definition) is 0. The molecule has 0 aromatic carbocycles. The van der Waals surface area contributed by atoms with Gasteiger partial charge in [-0.15, -0.1) is 0 Å². The lowest BCUT2D eigenvalue weighted by Gasteiger charge is -2.24. The highest BCUT2D eigenvalue weighted by molar-refractivity contribution is 8.13. The second kappa shape index (κ2) is 5.80. The van der Waals surface area contributed by atoms with Gasteiger partial charge in [-0.2, -0.15) is 4.99 Å². The Hall–Kier alpha value is -0.640. The summed E-state index contributed by atoms with van der Waals surface area (Å²) in [7, 11) is 0. The Kier molecular flexibility index (Phi) is 4.37. The van der Waals surface area contributed by atoms with Crippen molar-refractivity contribution in [2.75, 3.05) is 5.75 Å². The maximum atomic E-state index is 11.9. The van der Waals surface area contributed by atoms with Gasteiger partial charge in [-0.05, 0) is 31.6 Å². The number of amidine groups is 1. The molecule has 1 atom stereocenters. The fraction of sp³-hybridized carbons (Fsp3) is 0.769. The molecule has 0 saturated heterocycles. The first-order valence-electron chi connectivity index (χ1n) is 6.49. The summed E-state index contributed by atoms with van der Waals surface area (Å²) in [6, 6.07) is 0. The van der Waals surface area contributed by atoms with Crippen LogP contribution in [-0.4, -0.2) is 22.5 Å². The van der Waals surface area contributed by atoms with Crippen molar-refractivity contribution in [3.8, 4) is 0 Å². The summed E-state index contributed by atoms with van der Waals surface area (Å²) in [5.74, 6) is 1.75. The van der Waals surface area contributed by atoms with E-state index in [9.17, 15) is 4.79 Å². The Labute approximate surface area is 107 Å². The number of rotatable bonds is 3. The van der Waals surface area contributed by atoms with Crippen LogP contribution >= 0.6 is 11.8 Å². The molecule has 1 amide bonds. The monoisotopic (exact) mass is 252 g/mol. The number of amides is 1. The molecular weight excluding hydrogens is 232 g/mol. The van der Waals surface area contributed by atoms with E-state index in [0.29, 0.717) is 11.1 Å². The number of aliphatic imine (C=N–C) groups is 2. The number of nitrogens with zero attached hydrogens (tertiary/aromatic N) is 2. The highest BCUT2D eigenvalue weighted by Gasteiger charge is 2.30. The summed E-state index contributed by atoms with van der Waals surface area (Å²) in [6.07, 6.45) is 5.39. The SMILES string of the molecule is CC(C)CCSC1=NC(=O)C2CCCCC2=N1.